The zero-order chi connectivity index (χ0) is 13.4. The predicted molar refractivity (Wildman–Crippen MR) is 67.4 cm³/mol. The second kappa shape index (κ2) is 4.46. The molecule has 2 aliphatic heterocycles. The lowest BCUT2D eigenvalue weighted by Crippen LogP contribution is -2.55. The molecule has 6 nitrogen and oxygen atoms in total. The average molecular weight is 262 g/mol. The summed E-state index contributed by atoms with van der Waals surface area (Å²) in [6, 6.07) is 5.54. The van der Waals surface area contributed by atoms with Gasteiger partial charge in [-0.2, -0.15) is 0 Å². The highest BCUT2D eigenvalue weighted by molar-refractivity contribution is 5.93. The van der Waals surface area contributed by atoms with Crippen molar-refractivity contribution in [2.24, 2.45) is 0 Å². The number of hydrogen-bond acceptors (Lipinski definition) is 3. The minimum Gasteiger partial charge on any atom is -0.487 e. The lowest BCUT2D eigenvalue weighted by atomic mass is 10.0. The van der Waals surface area contributed by atoms with Crippen molar-refractivity contribution in [2.75, 3.05) is 18.4 Å². The van der Waals surface area contributed by atoms with E-state index in [2.05, 4.69) is 5.32 Å². The van der Waals surface area contributed by atoms with Crippen molar-refractivity contribution in [3.63, 3.8) is 0 Å². The maximum absolute atomic E-state index is 11.2. The molecule has 2 heterocycles. The molecular weight excluding hydrogens is 248 g/mol. The molecule has 0 saturated carbocycles. The molecule has 0 bridgehead atoms. The van der Waals surface area contributed by atoms with Crippen LogP contribution in [0.3, 0.4) is 0 Å². The fraction of sp³-hybridized carbons (Fsp3) is 0.385. The van der Waals surface area contributed by atoms with Gasteiger partial charge in [0.25, 0.3) is 0 Å². The highest BCUT2D eigenvalue weighted by atomic mass is 16.5. The number of benzene rings is 1. The smallest absolute Gasteiger partial charge is 0.407 e. The Labute approximate surface area is 110 Å². The molecule has 100 valence electrons. The fourth-order valence-corrected chi connectivity index (χ4v) is 2.29. The lowest BCUT2D eigenvalue weighted by molar-refractivity contribution is -0.116. The number of ether oxygens (including phenoxy) is 1. The van der Waals surface area contributed by atoms with Crippen LogP contribution in [0.2, 0.25) is 0 Å². The number of nitrogens with zero attached hydrogens (tertiary/aromatic N) is 1. The number of nitrogens with one attached hydrogen (secondary N) is 1. The van der Waals surface area contributed by atoms with Gasteiger partial charge in [-0.3, -0.25) is 4.79 Å². The highest BCUT2D eigenvalue weighted by Gasteiger charge is 2.32. The summed E-state index contributed by atoms with van der Waals surface area (Å²) in [5.41, 5.74) is 1.90. The molecule has 1 aromatic carbocycles. The molecule has 6 heteroatoms. The van der Waals surface area contributed by atoms with Crippen molar-refractivity contribution >= 4 is 17.7 Å². The van der Waals surface area contributed by atoms with Gasteiger partial charge in [0.1, 0.15) is 11.9 Å². The highest BCUT2D eigenvalue weighted by Crippen LogP contribution is 2.28. The average Bonchev–Trinajstić information content (AvgIpc) is 2.32. The van der Waals surface area contributed by atoms with E-state index in [1.807, 2.05) is 12.1 Å². The summed E-state index contributed by atoms with van der Waals surface area (Å²) in [5, 5.41) is 11.5. The van der Waals surface area contributed by atoms with E-state index in [0.29, 0.717) is 25.9 Å². The number of rotatable bonds is 2. The Morgan fingerprint density at radius 3 is 2.89 bits per heavy atom. The van der Waals surface area contributed by atoms with Gasteiger partial charge >= 0.3 is 6.09 Å². The van der Waals surface area contributed by atoms with E-state index in [-0.39, 0.29) is 12.0 Å². The Balaban J connectivity index is 1.64. The zero-order valence-electron chi connectivity index (χ0n) is 10.3. The second-order valence-corrected chi connectivity index (χ2v) is 4.79. The van der Waals surface area contributed by atoms with E-state index >= 15 is 0 Å². The van der Waals surface area contributed by atoms with Crippen LogP contribution in [0.25, 0.3) is 0 Å². The van der Waals surface area contributed by atoms with Crippen molar-refractivity contribution in [3.05, 3.63) is 23.8 Å². The third-order valence-electron chi connectivity index (χ3n) is 3.39. The van der Waals surface area contributed by atoms with Gasteiger partial charge in [0.2, 0.25) is 5.91 Å². The quantitative estimate of drug-likeness (QED) is 0.842. The van der Waals surface area contributed by atoms with Crippen LogP contribution in [0.15, 0.2) is 18.2 Å². The van der Waals surface area contributed by atoms with Crippen molar-refractivity contribution in [2.45, 2.75) is 18.9 Å². The van der Waals surface area contributed by atoms with E-state index in [9.17, 15) is 9.59 Å². The number of carbonyl (C=O) groups excluding carboxylic acids is 1. The van der Waals surface area contributed by atoms with Crippen LogP contribution in [0.5, 0.6) is 5.75 Å². The summed E-state index contributed by atoms with van der Waals surface area (Å²) >= 11 is 0. The van der Waals surface area contributed by atoms with Crippen LogP contribution in [0, 0.1) is 0 Å². The summed E-state index contributed by atoms with van der Waals surface area (Å²) in [7, 11) is 0. The number of likely N-dealkylation sites (tertiary alicyclic amines) is 1. The maximum atomic E-state index is 11.2. The van der Waals surface area contributed by atoms with E-state index in [1.54, 1.807) is 6.07 Å². The molecule has 0 unspecified atom stereocenters. The number of carboxylic acid groups (broad SMARTS) is 1. The summed E-state index contributed by atoms with van der Waals surface area (Å²) in [5.74, 6) is 0.766. The Bertz CT molecular complexity index is 537. The molecule has 1 saturated heterocycles. The first kappa shape index (κ1) is 11.8. The first-order valence-corrected chi connectivity index (χ1v) is 6.19. The first-order valence-electron chi connectivity index (χ1n) is 6.19. The fourth-order valence-electron chi connectivity index (χ4n) is 2.29. The Hall–Kier alpha value is -2.24. The van der Waals surface area contributed by atoms with Crippen molar-refractivity contribution in [3.8, 4) is 5.75 Å². The molecular formula is C13H14N2O4. The van der Waals surface area contributed by atoms with Crippen LogP contribution < -0.4 is 10.1 Å². The molecule has 1 fully saturated rings. The molecule has 2 aliphatic rings. The molecule has 0 radical (unpaired) electrons. The summed E-state index contributed by atoms with van der Waals surface area (Å²) < 4.78 is 5.71. The maximum Gasteiger partial charge on any atom is 0.407 e. The molecule has 19 heavy (non-hydrogen) atoms. The molecule has 0 atom stereocenters. The predicted octanol–water partition coefficient (Wildman–Crippen LogP) is 1.31. The molecule has 2 N–H and O–H groups in total. The number of amides is 2. The molecule has 3 rings (SSSR count). The van der Waals surface area contributed by atoms with Crippen LogP contribution in [0.4, 0.5) is 10.5 Å². The van der Waals surface area contributed by atoms with Gasteiger partial charge in [-0.15, -0.1) is 0 Å². The summed E-state index contributed by atoms with van der Waals surface area (Å²) in [6.45, 7) is 0.812. The summed E-state index contributed by atoms with van der Waals surface area (Å²) in [4.78, 5) is 23.2. The van der Waals surface area contributed by atoms with E-state index < -0.39 is 6.09 Å². The number of anilines is 1. The summed E-state index contributed by atoms with van der Waals surface area (Å²) in [6.07, 6.45) is 0.220. The van der Waals surface area contributed by atoms with Crippen molar-refractivity contribution < 1.29 is 19.4 Å². The third kappa shape index (κ3) is 2.33. The molecule has 0 aromatic heterocycles. The number of hydrogen-bond donors (Lipinski definition) is 2. The zero-order valence-corrected chi connectivity index (χ0v) is 10.3. The van der Waals surface area contributed by atoms with Gasteiger partial charge in [0, 0.05) is 12.1 Å². The van der Waals surface area contributed by atoms with Gasteiger partial charge in [0.05, 0.1) is 13.1 Å². The topological polar surface area (TPSA) is 78.9 Å². The van der Waals surface area contributed by atoms with Gasteiger partial charge in [-0.05, 0) is 30.2 Å². The van der Waals surface area contributed by atoms with E-state index in [1.165, 1.54) is 4.90 Å². The van der Waals surface area contributed by atoms with E-state index in [4.69, 9.17) is 9.84 Å². The second-order valence-electron chi connectivity index (χ2n) is 4.79. The third-order valence-corrected chi connectivity index (χ3v) is 3.39. The molecule has 1 aromatic rings. The van der Waals surface area contributed by atoms with Gasteiger partial charge in [0.15, 0.2) is 0 Å². The Morgan fingerprint density at radius 1 is 1.37 bits per heavy atom. The van der Waals surface area contributed by atoms with Gasteiger partial charge < -0.3 is 20.1 Å². The van der Waals surface area contributed by atoms with Crippen molar-refractivity contribution in [1.82, 2.24) is 4.90 Å². The van der Waals surface area contributed by atoms with Gasteiger partial charge in [-0.25, -0.2) is 4.79 Å². The Kier molecular flexibility index (Phi) is 2.77. The SMILES string of the molecule is O=C1CCc2cc(OC3CN(C(=O)O)C3)ccc2N1. The van der Waals surface area contributed by atoms with E-state index in [0.717, 1.165) is 17.0 Å². The molecule has 0 aliphatic carbocycles. The monoisotopic (exact) mass is 262 g/mol. The molecule has 0 spiro atoms. The van der Waals surface area contributed by atoms with Crippen LogP contribution in [-0.2, 0) is 11.2 Å². The normalized spacial score (nSPS) is 18.3. The standard InChI is InChI=1S/C13H14N2O4/c16-12-4-1-8-5-9(2-3-11(8)14-12)19-10-6-15(7-10)13(17)18/h2-3,5,10H,1,4,6-7H2,(H,14,16)(H,17,18). The number of fused-ring (bicyclic) bond motifs is 1. The largest absolute Gasteiger partial charge is 0.487 e. The number of carbonyl (C=O) groups is 2. The van der Waals surface area contributed by atoms with Crippen LogP contribution in [-0.4, -0.2) is 41.2 Å². The Morgan fingerprint density at radius 2 is 2.16 bits per heavy atom. The number of aryl methyl sites for hydroxylation is 1. The van der Waals surface area contributed by atoms with Crippen LogP contribution in [0.1, 0.15) is 12.0 Å². The van der Waals surface area contributed by atoms with Gasteiger partial charge in [-0.1, -0.05) is 0 Å². The minimum absolute atomic E-state index is 0.0391. The lowest BCUT2D eigenvalue weighted by Gasteiger charge is -2.36. The van der Waals surface area contributed by atoms with Crippen LogP contribution >= 0.6 is 0 Å². The molecule has 2 amide bonds. The first-order chi connectivity index (χ1) is 9.11. The van der Waals surface area contributed by atoms with Crippen molar-refractivity contribution in [1.29, 1.82) is 0 Å². The minimum atomic E-state index is -0.909.